The molecule has 0 saturated heterocycles. The van der Waals surface area contributed by atoms with Crippen molar-refractivity contribution in [3.05, 3.63) is 53.3 Å². The molecule has 0 saturated carbocycles. The number of carbonyl (C=O) groups excluding carboxylic acids is 2. The molecule has 0 spiro atoms. The maximum Gasteiger partial charge on any atom is 0.224 e. The summed E-state index contributed by atoms with van der Waals surface area (Å²) in [5.74, 6) is 0.556. The molecule has 0 aliphatic heterocycles. The Hall–Kier alpha value is -2.36. The smallest absolute Gasteiger partial charge is 0.224 e. The molecule has 1 aliphatic carbocycles. The minimum Gasteiger partial charge on any atom is -0.327 e. The molecule has 0 aromatic heterocycles. The van der Waals surface area contributed by atoms with E-state index < -0.39 is 0 Å². The van der Waals surface area contributed by atoms with E-state index >= 15 is 0 Å². The van der Waals surface area contributed by atoms with E-state index in [1.165, 1.54) is 18.1 Å². The van der Waals surface area contributed by atoms with E-state index in [0.29, 0.717) is 12.3 Å². The number of hydrogen-bond donors (Lipinski definition) is 2. The lowest BCUT2D eigenvalue weighted by Crippen LogP contribution is -2.23. The molecule has 2 atom stereocenters. The third kappa shape index (κ3) is 5.08. The van der Waals surface area contributed by atoms with Gasteiger partial charge in [0.15, 0.2) is 0 Å². The zero-order valence-corrected chi connectivity index (χ0v) is 14.8. The summed E-state index contributed by atoms with van der Waals surface area (Å²) in [6, 6.07) is 5.94. The summed E-state index contributed by atoms with van der Waals surface area (Å²) in [7, 11) is 0. The normalized spacial score (nSPS) is 19.6. The molecule has 128 valence electrons. The van der Waals surface area contributed by atoms with Crippen LogP contribution in [-0.2, 0) is 9.59 Å². The predicted octanol–water partition coefficient (Wildman–Crippen LogP) is 3.86. The highest BCUT2D eigenvalue weighted by molar-refractivity contribution is 5.90. The Morgan fingerprint density at radius 3 is 2.54 bits per heavy atom. The highest BCUT2D eigenvalue weighted by Crippen LogP contribution is 2.26. The molecule has 2 N–H and O–H groups in total. The molecule has 0 heterocycles. The lowest BCUT2D eigenvalue weighted by atomic mass is 9.85. The van der Waals surface area contributed by atoms with Crippen LogP contribution in [0.3, 0.4) is 0 Å². The van der Waals surface area contributed by atoms with E-state index in [4.69, 9.17) is 0 Å². The third-order valence-electron chi connectivity index (χ3n) is 4.46. The van der Waals surface area contributed by atoms with Crippen molar-refractivity contribution >= 4 is 17.5 Å². The van der Waals surface area contributed by atoms with E-state index in [-0.39, 0.29) is 17.7 Å². The van der Waals surface area contributed by atoms with Crippen LogP contribution in [0.4, 0.5) is 5.69 Å². The molecule has 2 amide bonds. The zero-order valence-electron chi connectivity index (χ0n) is 14.8. The van der Waals surface area contributed by atoms with E-state index in [9.17, 15) is 9.59 Å². The molecule has 1 aromatic rings. The molecule has 4 nitrogen and oxygen atoms in total. The van der Waals surface area contributed by atoms with E-state index in [2.05, 4.69) is 36.6 Å². The lowest BCUT2D eigenvalue weighted by Gasteiger charge is -2.23. The van der Waals surface area contributed by atoms with Gasteiger partial charge in [0.25, 0.3) is 0 Å². The van der Waals surface area contributed by atoms with Gasteiger partial charge in [-0.3, -0.25) is 9.59 Å². The molecule has 0 bridgehead atoms. The van der Waals surface area contributed by atoms with Gasteiger partial charge in [0.2, 0.25) is 11.8 Å². The predicted molar refractivity (Wildman–Crippen MR) is 97.5 cm³/mol. The standard InChI is InChI=1S/C20H26N2O2/c1-13-5-8-18(11-15(13)3)22-20(24)10-7-17-12-19(21-16(4)23)9-6-14(17)2/h5-6,8-9,11-12,14,17H,7,10H2,1-4H3,(H,21,23)(H,22,24)/t14-,17?/m0/s1. The second kappa shape index (κ2) is 7.95. The quantitative estimate of drug-likeness (QED) is 0.863. The highest BCUT2D eigenvalue weighted by atomic mass is 16.2. The number of nitrogens with one attached hydrogen (secondary N) is 2. The van der Waals surface area contributed by atoms with Crippen LogP contribution in [0.5, 0.6) is 0 Å². The lowest BCUT2D eigenvalue weighted by molar-refractivity contribution is -0.118. The fourth-order valence-corrected chi connectivity index (χ4v) is 2.81. The first-order chi connectivity index (χ1) is 11.3. The summed E-state index contributed by atoms with van der Waals surface area (Å²) < 4.78 is 0. The fraction of sp³-hybridized carbons (Fsp3) is 0.400. The number of benzene rings is 1. The van der Waals surface area contributed by atoms with Gasteiger partial charge in [0.1, 0.15) is 0 Å². The summed E-state index contributed by atoms with van der Waals surface area (Å²) in [5, 5.41) is 5.77. The number of amides is 2. The molecule has 0 fully saturated rings. The van der Waals surface area contributed by atoms with Crippen molar-refractivity contribution in [2.24, 2.45) is 11.8 Å². The Balaban J connectivity index is 1.90. The van der Waals surface area contributed by atoms with Crippen LogP contribution in [-0.4, -0.2) is 11.8 Å². The molecule has 1 aromatic carbocycles. The monoisotopic (exact) mass is 326 g/mol. The molecule has 4 heteroatoms. The highest BCUT2D eigenvalue weighted by Gasteiger charge is 2.18. The van der Waals surface area contributed by atoms with E-state index in [0.717, 1.165) is 17.8 Å². The second-order valence-corrected chi connectivity index (χ2v) is 6.57. The van der Waals surface area contributed by atoms with Crippen molar-refractivity contribution in [2.45, 2.75) is 40.5 Å². The van der Waals surface area contributed by atoms with Crippen molar-refractivity contribution < 1.29 is 9.59 Å². The van der Waals surface area contributed by atoms with Gasteiger partial charge in [-0.1, -0.05) is 25.1 Å². The van der Waals surface area contributed by atoms with E-state index in [1.54, 1.807) is 0 Å². The number of aryl methyl sites for hydroxylation is 2. The average molecular weight is 326 g/mol. The molecule has 24 heavy (non-hydrogen) atoms. The third-order valence-corrected chi connectivity index (χ3v) is 4.46. The first kappa shape index (κ1) is 18.0. The number of carbonyl (C=O) groups is 2. The van der Waals surface area contributed by atoms with Crippen LogP contribution in [0.25, 0.3) is 0 Å². The fourth-order valence-electron chi connectivity index (χ4n) is 2.81. The Kier molecular flexibility index (Phi) is 5.96. The van der Waals surface area contributed by atoms with Crippen molar-refractivity contribution in [1.82, 2.24) is 5.32 Å². The molecule has 2 rings (SSSR count). The Bertz CT molecular complexity index is 689. The van der Waals surface area contributed by atoms with Crippen molar-refractivity contribution in [2.75, 3.05) is 5.32 Å². The SMILES string of the molecule is CC(=O)NC1=CC(CCC(=O)Nc2ccc(C)c(C)c2)[C@@H](C)C=C1. The molecule has 1 aliphatic rings. The molecular formula is C20H26N2O2. The van der Waals surface area contributed by atoms with Gasteiger partial charge < -0.3 is 10.6 Å². The number of rotatable bonds is 5. The van der Waals surface area contributed by atoms with Gasteiger partial charge in [-0.2, -0.15) is 0 Å². The van der Waals surface area contributed by atoms with Crippen LogP contribution in [0.15, 0.2) is 42.1 Å². The Labute approximate surface area is 144 Å². The minimum atomic E-state index is -0.0771. The second-order valence-electron chi connectivity index (χ2n) is 6.57. The summed E-state index contributed by atoms with van der Waals surface area (Å²) in [6.45, 7) is 7.72. The maximum absolute atomic E-state index is 12.2. The van der Waals surface area contributed by atoms with Crippen LogP contribution in [0.1, 0.15) is 37.8 Å². The van der Waals surface area contributed by atoms with Crippen LogP contribution in [0, 0.1) is 25.7 Å². The average Bonchev–Trinajstić information content (AvgIpc) is 2.51. The minimum absolute atomic E-state index is 0.0227. The number of hydrogen-bond acceptors (Lipinski definition) is 2. The summed E-state index contributed by atoms with van der Waals surface area (Å²) in [6.07, 6.45) is 7.27. The van der Waals surface area contributed by atoms with Gasteiger partial charge in [-0.25, -0.2) is 0 Å². The number of allylic oxidation sites excluding steroid dienone is 3. The maximum atomic E-state index is 12.2. The largest absolute Gasteiger partial charge is 0.327 e. The molecule has 1 unspecified atom stereocenters. The molecule has 0 radical (unpaired) electrons. The Morgan fingerprint density at radius 1 is 1.12 bits per heavy atom. The van der Waals surface area contributed by atoms with Crippen LogP contribution < -0.4 is 10.6 Å². The number of anilines is 1. The first-order valence-corrected chi connectivity index (χ1v) is 8.40. The van der Waals surface area contributed by atoms with Crippen molar-refractivity contribution in [3.63, 3.8) is 0 Å². The summed E-state index contributed by atoms with van der Waals surface area (Å²) in [4.78, 5) is 23.4. The van der Waals surface area contributed by atoms with Gasteiger partial charge in [-0.05, 0) is 61.4 Å². The zero-order chi connectivity index (χ0) is 17.7. The topological polar surface area (TPSA) is 58.2 Å². The molecular weight excluding hydrogens is 300 g/mol. The van der Waals surface area contributed by atoms with Gasteiger partial charge >= 0.3 is 0 Å². The summed E-state index contributed by atoms with van der Waals surface area (Å²) >= 11 is 0. The van der Waals surface area contributed by atoms with Gasteiger partial charge in [0.05, 0.1) is 0 Å². The van der Waals surface area contributed by atoms with E-state index in [1.807, 2.05) is 31.2 Å². The van der Waals surface area contributed by atoms with Crippen LogP contribution in [0.2, 0.25) is 0 Å². The summed E-state index contributed by atoms with van der Waals surface area (Å²) in [5.41, 5.74) is 4.04. The van der Waals surface area contributed by atoms with Crippen molar-refractivity contribution in [1.29, 1.82) is 0 Å². The van der Waals surface area contributed by atoms with Gasteiger partial charge in [0, 0.05) is 24.7 Å². The van der Waals surface area contributed by atoms with Crippen LogP contribution >= 0.6 is 0 Å². The Morgan fingerprint density at radius 2 is 1.88 bits per heavy atom. The van der Waals surface area contributed by atoms with Crippen molar-refractivity contribution in [3.8, 4) is 0 Å². The first-order valence-electron chi connectivity index (χ1n) is 8.40. The van der Waals surface area contributed by atoms with Gasteiger partial charge in [-0.15, -0.1) is 0 Å².